The Morgan fingerprint density at radius 2 is 1.87 bits per heavy atom. The smallest absolute Gasteiger partial charge is 0.459 e. The normalized spacial score (nSPS) is 17.0. The molecule has 5 atom stereocenters. The third kappa shape index (κ3) is 9.36. The maximum absolute atomic E-state index is 15.9. The van der Waals surface area contributed by atoms with E-state index in [1.54, 1.807) is 18.2 Å². The van der Waals surface area contributed by atoms with Crippen LogP contribution in [0.25, 0.3) is 0 Å². The molecule has 15 heteroatoms. The van der Waals surface area contributed by atoms with Gasteiger partial charge in [0, 0.05) is 6.20 Å². The van der Waals surface area contributed by atoms with Crippen molar-refractivity contribution in [3.8, 4) is 5.75 Å². The van der Waals surface area contributed by atoms with Crippen molar-refractivity contribution < 1.29 is 41.8 Å². The van der Waals surface area contributed by atoms with E-state index in [0.29, 0.717) is 17.4 Å². The summed E-state index contributed by atoms with van der Waals surface area (Å²) >= 11 is 0. The van der Waals surface area contributed by atoms with Crippen molar-refractivity contribution in [2.75, 3.05) is 19.0 Å². The predicted molar refractivity (Wildman–Crippen MR) is 138 cm³/mol. The topological polar surface area (TPSA) is 164 Å². The third-order valence-electron chi connectivity index (χ3n) is 5.55. The maximum Gasteiger partial charge on any atom is 0.459 e. The number of nitrogens with two attached hydrogens (primary N) is 1. The molecule has 218 valence electrons. The van der Waals surface area contributed by atoms with Gasteiger partial charge in [0.15, 0.2) is 6.23 Å². The number of halogens is 2. The Balaban J connectivity index is 2.29. The number of aliphatic hydroxyl groups is 1. The highest BCUT2D eigenvalue weighted by Crippen LogP contribution is 2.46. The fourth-order valence-corrected chi connectivity index (χ4v) is 4.69. The Morgan fingerprint density at radius 1 is 1.23 bits per heavy atom. The van der Waals surface area contributed by atoms with Crippen molar-refractivity contribution in [3.63, 3.8) is 0 Å². The van der Waals surface area contributed by atoms with Crippen molar-refractivity contribution >= 4 is 19.5 Å². The Kier molecular flexibility index (Phi) is 12.0. The molecule has 1 unspecified atom stereocenters. The number of nitrogen functional groups attached to an aromatic ring is 1. The zero-order valence-corrected chi connectivity index (χ0v) is 23.1. The molecule has 0 spiro atoms. The minimum atomic E-state index is -4.56. The summed E-state index contributed by atoms with van der Waals surface area (Å²) in [4.78, 5) is 28.1. The van der Waals surface area contributed by atoms with Crippen LogP contribution in [0, 0.1) is 0 Å². The molecule has 4 N–H and O–H groups in total. The Labute approximate surface area is 225 Å². The maximum atomic E-state index is 15.9. The molecule has 12 nitrogen and oxygen atoms in total. The zero-order valence-electron chi connectivity index (χ0n) is 22.2. The van der Waals surface area contributed by atoms with Gasteiger partial charge in [0.25, 0.3) is 5.85 Å². The number of nitrogens with one attached hydrogen (secondary N) is 1. The van der Waals surface area contributed by atoms with Crippen LogP contribution in [0.2, 0.25) is 0 Å². The molecule has 0 aliphatic rings. The van der Waals surface area contributed by atoms with Gasteiger partial charge in [0.2, 0.25) is 0 Å². The lowest BCUT2D eigenvalue weighted by Gasteiger charge is -2.33. The van der Waals surface area contributed by atoms with Crippen molar-refractivity contribution in [2.24, 2.45) is 0 Å². The Morgan fingerprint density at radius 3 is 2.41 bits per heavy atom. The molecule has 0 saturated heterocycles. The van der Waals surface area contributed by atoms with E-state index in [0.717, 1.165) is 13.1 Å². The lowest BCUT2D eigenvalue weighted by atomic mass is 10.2. The lowest BCUT2D eigenvalue weighted by molar-refractivity contribution is -0.260. The van der Waals surface area contributed by atoms with Crippen LogP contribution in [0.3, 0.4) is 0 Å². The van der Waals surface area contributed by atoms with Crippen molar-refractivity contribution in [2.45, 2.75) is 70.9 Å². The second-order valence-corrected chi connectivity index (χ2v) is 10.3. The van der Waals surface area contributed by atoms with E-state index in [2.05, 4.69) is 10.1 Å². The molecule has 0 amide bonds. The van der Waals surface area contributed by atoms with E-state index in [-0.39, 0.29) is 17.7 Å². The number of nitrogens with zero attached hydrogens (tertiary/aromatic N) is 2. The summed E-state index contributed by atoms with van der Waals surface area (Å²) in [5.41, 5.74) is 4.40. The number of esters is 1. The monoisotopic (exact) mass is 576 g/mol. The van der Waals surface area contributed by atoms with E-state index in [4.69, 9.17) is 24.3 Å². The number of aromatic nitrogens is 2. The first-order valence-electron chi connectivity index (χ1n) is 12.3. The second-order valence-electron chi connectivity index (χ2n) is 8.63. The number of hydrogen-bond acceptors (Lipinski definition) is 10. The van der Waals surface area contributed by atoms with Crippen LogP contribution in [0.15, 0.2) is 47.4 Å². The fraction of sp³-hybridized carbons (Fsp3) is 0.542. The van der Waals surface area contributed by atoms with Gasteiger partial charge in [-0.2, -0.15) is 10.1 Å². The standard InChI is InChI=1S/C24H35F2N4O8P/c1-5-18(6-2)36-22(32)16(3)29-39(34,38-19-10-8-7-9-11-19)35-15-24(26,17(4)31)37-21(14-25)30-13-12-20(27)28-23(30)33/h7-13,16-18,21,31H,5-6,14-15H2,1-4H3,(H,29,34)(H2,27,28,33)/t16-,17-,21+,24+,39?/m0/s1. The molecule has 0 saturated carbocycles. The van der Waals surface area contributed by atoms with Gasteiger partial charge in [0.1, 0.15) is 43.1 Å². The first-order valence-corrected chi connectivity index (χ1v) is 13.8. The van der Waals surface area contributed by atoms with Crippen molar-refractivity contribution in [1.82, 2.24) is 14.6 Å². The summed E-state index contributed by atoms with van der Waals surface area (Å²) < 4.78 is 65.2. The summed E-state index contributed by atoms with van der Waals surface area (Å²) in [5.74, 6) is -4.05. The number of benzene rings is 1. The van der Waals surface area contributed by atoms with E-state index < -0.39 is 56.9 Å². The van der Waals surface area contributed by atoms with E-state index in [1.165, 1.54) is 25.1 Å². The number of carbonyl (C=O) groups excluding carboxylic acids is 1. The van der Waals surface area contributed by atoms with Crippen molar-refractivity contribution in [1.29, 1.82) is 0 Å². The number of anilines is 1. The van der Waals surface area contributed by atoms with Gasteiger partial charge in [-0.3, -0.25) is 13.9 Å². The van der Waals surface area contributed by atoms with Gasteiger partial charge in [-0.1, -0.05) is 32.0 Å². The van der Waals surface area contributed by atoms with Crippen LogP contribution in [0.5, 0.6) is 5.75 Å². The SMILES string of the molecule is CCC(CC)OC(=O)[C@H](C)NP(=O)(OC[C@@](F)(O[C@H](CF)n1ccc(N)nc1=O)[C@H](C)O)Oc1ccccc1. The number of ether oxygens (including phenoxy) is 2. The van der Waals surface area contributed by atoms with Crippen LogP contribution in [0.1, 0.15) is 46.8 Å². The minimum Gasteiger partial charge on any atom is -0.461 e. The zero-order chi connectivity index (χ0) is 29.2. The summed E-state index contributed by atoms with van der Waals surface area (Å²) in [6.45, 7) is 3.34. The van der Waals surface area contributed by atoms with Gasteiger partial charge < -0.3 is 24.8 Å². The van der Waals surface area contributed by atoms with Gasteiger partial charge in [-0.05, 0) is 44.9 Å². The number of hydrogen-bond donors (Lipinski definition) is 3. The molecule has 39 heavy (non-hydrogen) atoms. The molecular formula is C24H35F2N4O8P. The highest BCUT2D eigenvalue weighted by Gasteiger charge is 2.44. The molecular weight excluding hydrogens is 541 g/mol. The fourth-order valence-electron chi connectivity index (χ4n) is 3.18. The van der Waals surface area contributed by atoms with Gasteiger partial charge in [-0.25, -0.2) is 18.1 Å². The highest BCUT2D eigenvalue weighted by molar-refractivity contribution is 7.52. The molecule has 0 bridgehead atoms. The number of aliphatic hydroxyl groups excluding tert-OH is 1. The van der Waals surface area contributed by atoms with E-state index in [1.807, 2.05) is 13.8 Å². The van der Waals surface area contributed by atoms with Crippen LogP contribution in [0.4, 0.5) is 14.6 Å². The summed E-state index contributed by atoms with van der Waals surface area (Å²) in [5, 5.41) is 12.5. The van der Waals surface area contributed by atoms with Crippen LogP contribution in [-0.2, 0) is 23.4 Å². The number of rotatable bonds is 16. The molecule has 2 aromatic rings. The quantitative estimate of drug-likeness (QED) is 0.198. The lowest BCUT2D eigenvalue weighted by Crippen LogP contribution is -2.47. The highest BCUT2D eigenvalue weighted by atomic mass is 31.2. The van der Waals surface area contributed by atoms with Gasteiger partial charge >= 0.3 is 19.4 Å². The molecule has 0 aliphatic carbocycles. The first kappa shape index (κ1) is 32.3. The van der Waals surface area contributed by atoms with Crippen LogP contribution >= 0.6 is 7.75 Å². The molecule has 0 radical (unpaired) electrons. The van der Waals surface area contributed by atoms with Crippen LogP contribution in [-0.4, -0.2) is 58.0 Å². The number of carbonyl (C=O) groups is 1. The second kappa shape index (κ2) is 14.5. The molecule has 1 heterocycles. The number of para-hydroxylation sites is 1. The van der Waals surface area contributed by atoms with Gasteiger partial charge in [0.05, 0.1) is 0 Å². The summed E-state index contributed by atoms with van der Waals surface area (Å²) in [7, 11) is -4.56. The molecule has 2 rings (SSSR count). The largest absolute Gasteiger partial charge is 0.461 e. The van der Waals surface area contributed by atoms with Crippen LogP contribution < -0.4 is 21.0 Å². The average molecular weight is 577 g/mol. The molecule has 1 aromatic carbocycles. The van der Waals surface area contributed by atoms with Gasteiger partial charge in [-0.15, -0.1) is 0 Å². The summed E-state index contributed by atoms with van der Waals surface area (Å²) in [6.07, 6.45) is -2.07. The molecule has 0 aliphatic heterocycles. The average Bonchev–Trinajstić information content (AvgIpc) is 2.89. The van der Waals surface area contributed by atoms with E-state index >= 15 is 4.39 Å². The third-order valence-corrected chi connectivity index (χ3v) is 7.17. The number of alkyl halides is 2. The summed E-state index contributed by atoms with van der Waals surface area (Å²) in [6, 6.07) is 7.65. The molecule has 1 aromatic heterocycles. The molecule has 0 fully saturated rings. The van der Waals surface area contributed by atoms with E-state index in [9.17, 15) is 23.7 Å². The minimum absolute atomic E-state index is 0.0532. The first-order chi connectivity index (χ1) is 18.4. The van der Waals surface area contributed by atoms with Crippen molar-refractivity contribution in [3.05, 3.63) is 53.1 Å². The Bertz CT molecular complexity index is 1170. The predicted octanol–water partition coefficient (Wildman–Crippen LogP) is 3.27. The Hall–Kier alpha value is -2.90.